The SMILES string of the molecule is CN(C)C=Nc1cc2c(cc1C#N)N1CCN(C(=O)OC(C)(C)C)C[C@@H]1CO2. The van der Waals surface area contributed by atoms with Gasteiger partial charge in [-0.15, -0.1) is 0 Å². The molecule has 2 aliphatic rings. The maximum absolute atomic E-state index is 12.4. The van der Waals surface area contributed by atoms with Crippen LogP contribution in [0.15, 0.2) is 17.1 Å². The van der Waals surface area contributed by atoms with Gasteiger partial charge in [0.25, 0.3) is 0 Å². The molecule has 1 saturated heterocycles. The second kappa shape index (κ2) is 7.58. The first-order valence-electron chi connectivity index (χ1n) is 9.34. The summed E-state index contributed by atoms with van der Waals surface area (Å²) in [4.78, 5) is 22.5. The minimum absolute atomic E-state index is 0.0245. The van der Waals surface area contributed by atoms with E-state index in [9.17, 15) is 10.1 Å². The molecule has 8 heteroatoms. The van der Waals surface area contributed by atoms with Crippen LogP contribution in [-0.2, 0) is 4.74 Å². The van der Waals surface area contributed by atoms with E-state index in [4.69, 9.17) is 9.47 Å². The highest BCUT2D eigenvalue weighted by atomic mass is 16.6. The van der Waals surface area contributed by atoms with Gasteiger partial charge in [0.15, 0.2) is 0 Å². The minimum Gasteiger partial charge on any atom is -0.489 e. The zero-order valence-electron chi connectivity index (χ0n) is 17.1. The van der Waals surface area contributed by atoms with Crippen LogP contribution >= 0.6 is 0 Å². The third-order valence-electron chi connectivity index (χ3n) is 4.50. The summed E-state index contributed by atoms with van der Waals surface area (Å²) >= 11 is 0. The number of hydrogen-bond donors (Lipinski definition) is 0. The first kappa shape index (κ1) is 19.8. The Morgan fingerprint density at radius 2 is 2.14 bits per heavy atom. The van der Waals surface area contributed by atoms with Crippen LogP contribution in [0.25, 0.3) is 0 Å². The molecule has 0 N–H and O–H groups in total. The minimum atomic E-state index is -0.519. The maximum atomic E-state index is 12.4. The van der Waals surface area contributed by atoms with Crippen molar-refractivity contribution in [2.75, 3.05) is 45.2 Å². The van der Waals surface area contributed by atoms with Gasteiger partial charge in [-0.1, -0.05) is 0 Å². The van der Waals surface area contributed by atoms with E-state index in [1.54, 1.807) is 11.2 Å². The summed E-state index contributed by atoms with van der Waals surface area (Å²) in [5, 5.41) is 9.54. The van der Waals surface area contributed by atoms with E-state index in [2.05, 4.69) is 16.0 Å². The largest absolute Gasteiger partial charge is 0.489 e. The average molecular weight is 385 g/mol. The number of fused-ring (bicyclic) bond motifs is 3. The number of ether oxygens (including phenoxy) is 2. The number of piperazine rings is 1. The van der Waals surface area contributed by atoms with Gasteiger partial charge < -0.3 is 24.2 Å². The van der Waals surface area contributed by atoms with Crippen LogP contribution in [0, 0.1) is 11.3 Å². The standard InChI is InChI=1S/C20H27N5O3/c1-20(2,3)28-19(26)24-6-7-25-15(11-24)12-27-18-9-16(22-13-23(4)5)14(10-21)8-17(18)25/h8-9,13,15H,6-7,11-12H2,1-5H3/t15-/m1/s1. The fourth-order valence-electron chi connectivity index (χ4n) is 3.27. The molecule has 1 atom stereocenters. The van der Waals surface area contributed by atoms with Gasteiger partial charge in [0.2, 0.25) is 0 Å². The molecule has 0 spiro atoms. The molecular weight excluding hydrogens is 358 g/mol. The molecule has 1 amide bonds. The number of anilines is 1. The summed E-state index contributed by atoms with van der Waals surface area (Å²) < 4.78 is 11.4. The highest BCUT2D eigenvalue weighted by Crippen LogP contribution is 2.40. The van der Waals surface area contributed by atoms with Crippen LogP contribution in [0.3, 0.4) is 0 Å². The maximum Gasteiger partial charge on any atom is 0.410 e. The van der Waals surface area contributed by atoms with Crippen LogP contribution in [0.4, 0.5) is 16.2 Å². The van der Waals surface area contributed by atoms with E-state index in [0.717, 1.165) is 5.69 Å². The van der Waals surface area contributed by atoms with Crippen molar-refractivity contribution < 1.29 is 14.3 Å². The monoisotopic (exact) mass is 385 g/mol. The summed E-state index contributed by atoms with van der Waals surface area (Å²) in [5.41, 5.74) is 1.44. The number of amides is 1. The van der Waals surface area contributed by atoms with Crippen molar-refractivity contribution in [2.45, 2.75) is 32.4 Å². The Bertz CT molecular complexity index is 822. The van der Waals surface area contributed by atoms with Crippen molar-refractivity contribution in [1.29, 1.82) is 5.26 Å². The summed E-state index contributed by atoms with van der Waals surface area (Å²) in [6, 6.07) is 5.88. The van der Waals surface area contributed by atoms with Crippen molar-refractivity contribution in [1.82, 2.24) is 9.80 Å². The highest BCUT2D eigenvalue weighted by Gasteiger charge is 2.36. The molecule has 0 radical (unpaired) electrons. The van der Waals surface area contributed by atoms with Crippen molar-refractivity contribution in [3.8, 4) is 11.8 Å². The van der Waals surface area contributed by atoms with E-state index >= 15 is 0 Å². The topological polar surface area (TPSA) is 81.4 Å². The second-order valence-electron chi connectivity index (χ2n) is 8.24. The molecule has 2 aliphatic heterocycles. The molecule has 3 rings (SSSR count). The van der Waals surface area contributed by atoms with Gasteiger partial charge in [0, 0.05) is 39.8 Å². The van der Waals surface area contributed by atoms with Crippen LogP contribution in [0.5, 0.6) is 5.75 Å². The number of carbonyl (C=O) groups excluding carboxylic acids is 1. The fourth-order valence-corrected chi connectivity index (χ4v) is 3.27. The highest BCUT2D eigenvalue weighted by molar-refractivity contribution is 5.75. The molecule has 1 aromatic rings. The summed E-state index contributed by atoms with van der Waals surface area (Å²) in [7, 11) is 3.75. The lowest BCUT2D eigenvalue weighted by atomic mass is 10.1. The number of aliphatic imine (C=N–C) groups is 1. The van der Waals surface area contributed by atoms with Gasteiger partial charge in [-0.25, -0.2) is 9.79 Å². The first-order valence-corrected chi connectivity index (χ1v) is 9.34. The van der Waals surface area contributed by atoms with E-state index in [-0.39, 0.29) is 12.1 Å². The zero-order valence-corrected chi connectivity index (χ0v) is 17.1. The Balaban J connectivity index is 1.80. The number of benzene rings is 1. The van der Waals surface area contributed by atoms with Crippen LogP contribution < -0.4 is 9.64 Å². The molecule has 0 aliphatic carbocycles. The Morgan fingerprint density at radius 3 is 2.79 bits per heavy atom. The van der Waals surface area contributed by atoms with E-state index < -0.39 is 5.60 Å². The lowest BCUT2D eigenvalue weighted by molar-refractivity contribution is 0.0195. The van der Waals surface area contributed by atoms with Crippen molar-refractivity contribution in [3.05, 3.63) is 17.7 Å². The third kappa shape index (κ3) is 4.30. The Labute approximate surface area is 165 Å². The third-order valence-corrected chi connectivity index (χ3v) is 4.50. The molecule has 2 heterocycles. The summed E-state index contributed by atoms with van der Waals surface area (Å²) in [5.74, 6) is 0.715. The molecule has 150 valence electrons. The molecule has 0 aromatic heterocycles. The Kier molecular flexibility index (Phi) is 5.36. The number of hydrogen-bond acceptors (Lipinski definition) is 6. The van der Waals surface area contributed by atoms with Gasteiger partial charge in [0.05, 0.1) is 29.3 Å². The van der Waals surface area contributed by atoms with Crippen molar-refractivity contribution >= 4 is 23.8 Å². The second-order valence-corrected chi connectivity index (χ2v) is 8.24. The molecule has 28 heavy (non-hydrogen) atoms. The predicted octanol–water partition coefficient (Wildman–Crippen LogP) is 2.60. The normalized spacial score (nSPS) is 18.8. The number of carbonyl (C=O) groups is 1. The molecular formula is C20H27N5O3. The van der Waals surface area contributed by atoms with Crippen molar-refractivity contribution in [2.24, 2.45) is 4.99 Å². The Morgan fingerprint density at radius 1 is 1.39 bits per heavy atom. The molecule has 1 aromatic carbocycles. The average Bonchev–Trinajstić information content (AvgIpc) is 2.63. The van der Waals surface area contributed by atoms with Gasteiger partial charge in [-0.2, -0.15) is 5.26 Å². The van der Waals surface area contributed by atoms with Gasteiger partial charge in [-0.05, 0) is 26.8 Å². The zero-order chi connectivity index (χ0) is 20.5. The lowest BCUT2D eigenvalue weighted by Crippen LogP contribution is -2.59. The smallest absolute Gasteiger partial charge is 0.410 e. The fraction of sp³-hybridized carbons (Fsp3) is 0.550. The van der Waals surface area contributed by atoms with Gasteiger partial charge >= 0.3 is 6.09 Å². The lowest BCUT2D eigenvalue weighted by Gasteiger charge is -2.45. The molecule has 0 saturated carbocycles. The molecule has 1 fully saturated rings. The quantitative estimate of drug-likeness (QED) is 0.575. The van der Waals surface area contributed by atoms with Gasteiger partial charge in [-0.3, -0.25) is 0 Å². The first-order chi connectivity index (χ1) is 13.2. The number of nitriles is 1. The molecule has 8 nitrogen and oxygen atoms in total. The Hall–Kier alpha value is -2.95. The van der Waals surface area contributed by atoms with E-state index in [1.165, 1.54) is 0 Å². The van der Waals surface area contributed by atoms with Gasteiger partial charge in [0.1, 0.15) is 24.0 Å². The summed E-state index contributed by atoms with van der Waals surface area (Å²) in [6.07, 6.45) is 1.36. The number of rotatable bonds is 2. The van der Waals surface area contributed by atoms with E-state index in [0.29, 0.717) is 43.2 Å². The van der Waals surface area contributed by atoms with Crippen molar-refractivity contribution in [3.63, 3.8) is 0 Å². The molecule has 0 unspecified atom stereocenters. The molecule has 0 bridgehead atoms. The summed E-state index contributed by atoms with van der Waals surface area (Å²) in [6.45, 7) is 7.80. The number of nitrogens with zero attached hydrogens (tertiary/aromatic N) is 5. The van der Waals surface area contributed by atoms with Crippen LogP contribution in [0.2, 0.25) is 0 Å². The van der Waals surface area contributed by atoms with Crippen LogP contribution in [-0.4, -0.2) is 74.2 Å². The van der Waals surface area contributed by atoms with E-state index in [1.807, 2.05) is 51.9 Å². The predicted molar refractivity (Wildman–Crippen MR) is 107 cm³/mol. The van der Waals surface area contributed by atoms with Crippen LogP contribution in [0.1, 0.15) is 26.3 Å².